The van der Waals surface area contributed by atoms with E-state index in [-0.39, 0.29) is 6.61 Å². The van der Waals surface area contributed by atoms with Gasteiger partial charge in [-0.05, 0) is 12.5 Å². The van der Waals surface area contributed by atoms with Gasteiger partial charge in [0.1, 0.15) is 0 Å². The fourth-order valence-electron chi connectivity index (χ4n) is 1.95. The fraction of sp³-hybridized carbons (Fsp3) is 0.400. The predicted molar refractivity (Wildman–Crippen MR) is 78.4 cm³/mol. The molecule has 5 heteroatoms. The Morgan fingerprint density at radius 2 is 2.05 bits per heavy atom. The summed E-state index contributed by atoms with van der Waals surface area (Å²) in [5.74, 6) is 0. The lowest BCUT2D eigenvalue weighted by atomic mass is 10.1. The number of nitrogens with one attached hydrogen (secondary N) is 2. The maximum atomic E-state index is 8.60. The van der Waals surface area contributed by atoms with Gasteiger partial charge in [-0.15, -0.1) is 0 Å². The van der Waals surface area contributed by atoms with Crippen LogP contribution in [0.2, 0.25) is 0 Å². The van der Waals surface area contributed by atoms with Crippen molar-refractivity contribution >= 4 is 0 Å². The van der Waals surface area contributed by atoms with Crippen LogP contribution in [0.5, 0.6) is 0 Å². The number of aliphatic hydroxyl groups is 1. The van der Waals surface area contributed by atoms with Gasteiger partial charge in [0.15, 0.2) is 0 Å². The first-order chi connectivity index (χ1) is 9.81. The van der Waals surface area contributed by atoms with Crippen molar-refractivity contribution in [2.75, 3.05) is 26.4 Å². The standard InChI is InChI=1S/C15H21N3O2/c1-12-2-4-13(5-3-12)15-14(11-17-18-15)10-16-6-8-20-9-7-19/h2-5,11,16,19H,6-10H2,1H3,(H,17,18). The van der Waals surface area contributed by atoms with Gasteiger partial charge >= 0.3 is 0 Å². The van der Waals surface area contributed by atoms with Crippen LogP contribution < -0.4 is 5.32 Å². The number of aromatic nitrogens is 2. The normalized spacial score (nSPS) is 10.9. The van der Waals surface area contributed by atoms with Crippen molar-refractivity contribution in [3.05, 3.63) is 41.6 Å². The molecule has 0 aliphatic heterocycles. The van der Waals surface area contributed by atoms with E-state index in [0.717, 1.165) is 29.9 Å². The lowest BCUT2D eigenvalue weighted by molar-refractivity contribution is 0.0938. The Morgan fingerprint density at radius 3 is 2.80 bits per heavy atom. The summed E-state index contributed by atoms with van der Waals surface area (Å²) in [6, 6.07) is 8.37. The molecular formula is C15H21N3O2. The fourth-order valence-corrected chi connectivity index (χ4v) is 1.95. The topological polar surface area (TPSA) is 70.2 Å². The molecule has 1 heterocycles. The monoisotopic (exact) mass is 275 g/mol. The molecule has 1 aromatic heterocycles. The van der Waals surface area contributed by atoms with Crippen LogP contribution in [0.4, 0.5) is 0 Å². The molecule has 2 rings (SSSR count). The number of H-pyrrole nitrogens is 1. The summed E-state index contributed by atoms with van der Waals surface area (Å²) < 4.78 is 5.19. The Morgan fingerprint density at radius 1 is 1.25 bits per heavy atom. The van der Waals surface area contributed by atoms with Gasteiger partial charge in [-0.1, -0.05) is 29.8 Å². The molecule has 0 aliphatic carbocycles. The maximum Gasteiger partial charge on any atom is 0.0698 e. The summed E-state index contributed by atoms with van der Waals surface area (Å²) in [6.45, 7) is 4.62. The first-order valence-electron chi connectivity index (χ1n) is 6.80. The van der Waals surface area contributed by atoms with E-state index >= 15 is 0 Å². The van der Waals surface area contributed by atoms with Crippen LogP contribution >= 0.6 is 0 Å². The van der Waals surface area contributed by atoms with Crippen molar-refractivity contribution in [1.82, 2.24) is 15.5 Å². The van der Waals surface area contributed by atoms with Gasteiger partial charge in [0.2, 0.25) is 0 Å². The average Bonchev–Trinajstić information content (AvgIpc) is 2.92. The average molecular weight is 275 g/mol. The molecule has 0 saturated carbocycles. The van der Waals surface area contributed by atoms with E-state index in [1.54, 1.807) is 0 Å². The molecule has 0 bridgehead atoms. The lowest BCUT2D eigenvalue weighted by Gasteiger charge is -2.06. The Balaban J connectivity index is 1.87. The zero-order valence-electron chi connectivity index (χ0n) is 11.7. The molecule has 0 spiro atoms. The second kappa shape index (κ2) is 7.79. The first kappa shape index (κ1) is 14.7. The van der Waals surface area contributed by atoms with E-state index in [4.69, 9.17) is 9.84 Å². The van der Waals surface area contributed by atoms with Crippen LogP contribution in [0.25, 0.3) is 11.3 Å². The Labute approximate surface area is 119 Å². The number of ether oxygens (including phenoxy) is 1. The van der Waals surface area contributed by atoms with Crippen molar-refractivity contribution in [2.45, 2.75) is 13.5 Å². The molecule has 3 N–H and O–H groups in total. The Bertz CT molecular complexity index is 508. The molecule has 0 saturated heterocycles. The molecule has 0 fully saturated rings. The van der Waals surface area contributed by atoms with Gasteiger partial charge in [-0.2, -0.15) is 5.10 Å². The summed E-state index contributed by atoms with van der Waals surface area (Å²) in [5.41, 5.74) is 4.57. The van der Waals surface area contributed by atoms with Crippen LogP contribution in [-0.2, 0) is 11.3 Å². The number of benzene rings is 1. The minimum atomic E-state index is 0.0688. The van der Waals surface area contributed by atoms with Crippen molar-refractivity contribution in [1.29, 1.82) is 0 Å². The van der Waals surface area contributed by atoms with Gasteiger partial charge in [0, 0.05) is 18.7 Å². The quantitative estimate of drug-likeness (QED) is 0.638. The lowest BCUT2D eigenvalue weighted by Crippen LogP contribution is -2.20. The van der Waals surface area contributed by atoms with Crippen LogP contribution in [0.3, 0.4) is 0 Å². The molecule has 1 aromatic carbocycles. The number of hydrogen-bond donors (Lipinski definition) is 3. The minimum Gasteiger partial charge on any atom is -0.394 e. The van der Waals surface area contributed by atoms with E-state index in [1.807, 2.05) is 6.20 Å². The highest BCUT2D eigenvalue weighted by atomic mass is 16.5. The molecule has 0 amide bonds. The Kier molecular flexibility index (Phi) is 5.73. The molecule has 0 radical (unpaired) electrons. The van der Waals surface area contributed by atoms with Crippen molar-refractivity contribution in [3.63, 3.8) is 0 Å². The third-order valence-corrected chi connectivity index (χ3v) is 3.03. The number of aromatic amines is 1. The van der Waals surface area contributed by atoms with Gasteiger partial charge in [-0.3, -0.25) is 5.10 Å². The van der Waals surface area contributed by atoms with E-state index in [0.29, 0.717) is 13.2 Å². The van der Waals surface area contributed by atoms with Crippen LogP contribution in [0, 0.1) is 6.92 Å². The second-order valence-corrected chi connectivity index (χ2v) is 4.65. The molecule has 20 heavy (non-hydrogen) atoms. The molecule has 2 aromatic rings. The summed E-state index contributed by atoms with van der Waals surface area (Å²) in [6.07, 6.45) is 1.84. The second-order valence-electron chi connectivity index (χ2n) is 4.65. The number of aliphatic hydroxyl groups excluding tert-OH is 1. The summed E-state index contributed by atoms with van der Waals surface area (Å²) >= 11 is 0. The van der Waals surface area contributed by atoms with Crippen molar-refractivity contribution < 1.29 is 9.84 Å². The van der Waals surface area contributed by atoms with E-state index < -0.39 is 0 Å². The van der Waals surface area contributed by atoms with Gasteiger partial charge in [-0.25, -0.2) is 0 Å². The van der Waals surface area contributed by atoms with Gasteiger partial charge in [0.05, 0.1) is 31.7 Å². The maximum absolute atomic E-state index is 8.60. The number of nitrogens with zero attached hydrogens (tertiary/aromatic N) is 1. The van der Waals surface area contributed by atoms with Crippen molar-refractivity contribution in [2.24, 2.45) is 0 Å². The highest BCUT2D eigenvalue weighted by molar-refractivity contribution is 5.62. The van der Waals surface area contributed by atoms with E-state index in [2.05, 4.69) is 46.7 Å². The molecular weight excluding hydrogens is 254 g/mol. The minimum absolute atomic E-state index is 0.0688. The zero-order valence-corrected chi connectivity index (χ0v) is 11.7. The van der Waals surface area contributed by atoms with Crippen LogP contribution in [-0.4, -0.2) is 41.7 Å². The highest BCUT2D eigenvalue weighted by Gasteiger charge is 2.06. The predicted octanol–water partition coefficient (Wildman–Crippen LogP) is 1.48. The molecule has 0 atom stereocenters. The Hall–Kier alpha value is -1.69. The van der Waals surface area contributed by atoms with Crippen LogP contribution in [0.1, 0.15) is 11.1 Å². The number of rotatable bonds is 8. The third kappa shape index (κ3) is 4.16. The van der Waals surface area contributed by atoms with Crippen LogP contribution in [0.15, 0.2) is 30.5 Å². The number of hydrogen-bond acceptors (Lipinski definition) is 4. The highest BCUT2D eigenvalue weighted by Crippen LogP contribution is 2.21. The van der Waals surface area contributed by atoms with Crippen molar-refractivity contribution in [3.8, 4) is 11.3 Å². The molecule has 108 valence electrons. The zero-order chi connectivity index (χ0) is 14.2. The van der Waals surface area contributed by atoms with Gasteiger partial charge < -0.3 is 15.2 Å². The molecule has 5 nitrogen and oxygen atoms in total. The smallest absolute Gasteiger partial charge is 0.0698 e. The SMILES string of the molecule is Cc1ccc(-c2[nH]ncc2CNCCOCCO)cc1. The van der Waals surface area contributed by atoms with Gasteiger partial charge in [0.25, 0.3) is 0 Å². The summed E-state index contributed by atoms with van der Waals surface area (Å²) in [4.78, 5) is 0. The molecule has 0 unspecified atom stereocenters. The largest absolute Gasteiger partial charge is 0.394 e. The van der Waals surface area contributed by atoms with E-state index in [9.17, 15) is 0 Å². The number of aryl methyl sites for hydroxylation is 1. The first-order valence-corrected chi connectivity index (χ1v) is 6.80. The molecule has 0 aliphatic rings. The summed E-state index contributed by atoms with van der Waals surface area (Å²) in [5, 5.41) is 19.1. The van der Waals surface area contributed by atoms with E-state index in [1.165, 1.54) is 5.56 Å². The third-order valence-electron chi connectivity index (χ3n) is 3.03. The summed E-state index contributed by atoms with van der Waals surface area (Å²) in [7, 11) is 0.